The molecule has 1 aliphatic rings. The van der Waals surface area contributed by atoms with Crippen LogP contribution in [-0.4, -0.2) is 26.6 Å². The molecule has 1 aliphatic heterocycles. The molecule has 1 unspecified atom stereocenters. The van der Waals surface area contributed by atoms with Crippen molar-refractivity contribution in [3.05, 3.63) is 56.7 Å². The third kappa shape index (κ3) is 3.67. The summed E-state index contributed by atoms with van der Waals surface area (Å²) in [5.74, 6) is -0.197. The fourth-order valence-corrected chi connectivity index (χ4v) is 5.12. The maximum atomic E-state index is 12.6. The van der Waals surface area contributed by atoms with E-state index in [1.54, 1.807) is 18.2 Å². The zero-order chi connectivity index (χ0) is 18.4. The Morgan fingerprint density at radius 3 is 2.60 bits per heavy atom. The molecule has 0 saturated carbocycles. The first-order chi connectivity index (χ1) is 11.7. The summed E-state index contributed by atoms with van der Waals surface area (Å²) in [4.78, 5) is 12.6. The molecule has 3 rings (SSSR count). The Morgan fingerprint density at radius 2 is 1.96 bits per heavy atom. The van der Waals surface area contributed by atoms with E-state index in [1.165, 1.54) is 10.6 Å². The van der Waals surface area contributed by atoms with Gasteiger partial charge >= 0.3 is 0 Å². The maximum Gasteiger partial charge on any atom is 0.255 e. The van der Waals surface area contributed by atoms with E-state index in [1.807, 2.05) is 32.0 Å². The number of hydrogen-bond acceptors (Lipinski definition) is 3. The standard InChI is InChI=1S/C18H19IN2O3S/c1-11-8-15(19)5-6-16(11)20-18(22)13-4-7-17-14(10-13)9-12(2)21(17)25(3,23)24/h4-8,10,12H,9H2,1-3H3,(H,20,22). The minimum Gasteiger partial charge on any atom is -0.322 e. The number of nitrogens with zero attached hydrogens (tertiary/aromatic N) is 1. The van der Waals surface area contributed by atoms with E-state index in [4.69, 9.17) is 0 Å². The van der Waals surface area contributed by atoms with Gasteiger partial charge in [-0.15, -0.1) is 0 Å². The van der Waals surface area contributed by atoms with Crippen molar-refractivity contribution >= 4 is 49.9 Å². The highest BCUT2D eigenvalue weighted by atomic mass is 127. The molecule has 1 atom stereocenters. The van der Waals surface area contributed by atoms with Crippen LogP contribution in [0, 0.1) is 10.5 Å². The monoisotopic (exact) mass is 470 g/mol. The molecule has 1 N–H and O–H groups in total. The lowest BCUT2D eigenvalue weighted by atomic mass is 10.1. The van der Waals surface area contributed by atoms with Gasteiger partial charge in [-0.25, -0.2) is 8.42 Å². The highest BCUT2D eigenvalue weighted by Gasteiger charge is 2.32. The van der Waals surface area contributed by atoms with Crippen molar-refractivity contribution in [2.75, 3.05) is 15.9 Å². The molecule has 7 heteroatoms. The number of anilines is 2. The van der Waals surface area contributed by atoms with Gasteiger partial charge in [0, 0.05) is 20.9 Å². The number of carbonyl (C=O) groups excluding carboxylic acids is 1. The van der Waals surface area contributed by atoms with Gasteiger partial charge in [0.25, 0.3) is 5.91 Å². The van der Waals surface area contributed by atoms with Crippen LogP contribution in [0.2, 0.25) is 0 Å². The normalized spacial score (nSPS) is 16.6. The Kier molecular flexibility index (Phi) is 4.80. The molecule has 25 heavy (non-hydrogen) atoms. The molecule has 0 spiro atoms. The van der Waals surface area contributed by atoms with Crippen LogP contribution in [0.15, 0.2) is 36.4 Å². The van der Waals surface area contributed by atoms with Crippen LogP contribution >= 0.6 is 22.6 Å². The fourth-order valence-electron chi connectivity index (χ4n) is 3.21. The number of halogens is 1. The summed E-state index contributed by atoms with van der Waals surface area (Å²) in [6.07, 6.45) is 1.81. The highest BCUT2D eigenvalue weighted by molar-refractivity contribution is 14.1. The van der Waals surface area contributed by atoms with Gasteiger partial charge in [0.05, 0.1) is 11.9 Å². The van der Waals surface area contributed by atoms with E-state index in [-0.39, 0.29) is 11.9 Å². The van der Waals surface area contributed by atoms with Crippen LogP contribution in [0.1, 0.15) is 28.4 Å². The molecule has 0 bridgehead atoms. The molecule has 5 nitrogen and oxygen atoms in total. The van der Waals surface area contributed by atoms with Crippen LogP contribution in [0.4, 0.5) is 11.4 Å². The largest absolute Gasteiger partial charge is 0.322 e. The number of benzene rings is 2. The van der Waals surface area contributed by atoms with Gasteiger partial charge in [0.1, 0.15) is 0 Å². The van der Waals surface area contributed by atoms with E-state index >= 15 is 0 Å². The van der Waals surface area contributed by atoms with E-state index < -0.39 is 10.0 Å². The summed E-state index contributed by atoms with van der Waals surface area (Å²) in [5.41, 5.74) is 3.84. The van der Waals surface area contributed by atoms with Crippen LogP contribution in [-0.2, 0) is 16.4 Å². The molecule has 0 aromatic heterocycles. The number of amides is 1. The van der Waals surface area contributed by atoms with Crippen molar-refractivity contribution in [2.24, 2.45) is 0 Å². The van der Waals surface area contributed by atoms with Gasteiger partial charge in [-0.05, 0) is 90.4 Å². The topological polar surface area (TPSA) is 66.5 Å². The van der Waals surface area contributed by atoms with Crippen LogP contribution in [0.25, 0.3) is 0 Å². The lowest BCUT2D eigenvalue weighted by Gasteiger charge is -2.21. The Hall–Kier alpha value is -1.61. The van der Waals surface area contributed by atoms with Gasteiger partial charge in [-0.2, -0.15) is 0 Å². The Labute approximate surface area is 161 Å². The second kappa shape index (κ2) is 6.60. The van der Waals surface area contributed by atoms with Gasteiger partial charge in [0.15, 0.2) is 0 Å². The second-order valence-electron chi connectivity index (χ2n) is 6.37. The number of nitrogens with one attached hydrogen (secondary N) is 1. The summed E-state index contributed by atoms with van der Waals surface area (Å²) >= 11 is 2.23. The molecule has 0 radical (unpaired) electrons. The quantitative estimate of drug-likeness (QED) is 0.698. The Balaban J connectivity index is 1.88. The molecule has 2 aromatic rings. The molecule has 0 saturated heterocycles. The van der Waals surface area contributed by atoms with Crippen molar-refractivity contribution < 1.29 is 13.2 Å². The average Bonchev–Trinajstić information content (AvgIpc) is 2.84. The SMILES string of the molecule is Cc1cc(I)ccc1NC(=O)c1ccc2c(c1)CC(C)N2S(C)(=O)=O. The molecule has 132 valence electrons. The summed E-state index contributed by atoms with van der Waals surface area (Å²) in [5, 5.41) is 2.92. The van der Waals surface area contributed by atoms with Crippen molar-refractivity contribution in [1.82, 2.24) is 0 Å². The molecule has 0 fully saturated rings. The fraction of sp³-hybridized carbons (Fsp3) is 0.278. The minimum absolute atomic E-state index is 0.137. The number of hydrogen-bond donors (Lipinski definition) is 1. The van der Waals surface area contributed by atoms with Gasteiger partial charge in [0.2, 0.25) is 10.0 Å². The lowest BCUT2D eigenvalue weighted by Crippen LogP contribution is -2.34. The molecular formula is C18H19IN2O3S. The predicted molar refractivity (Wildman–Crippen MR) is 109 cm³/mol. The first-order valence-corrected chi connectivity index (χ1v) is 10.8. The number of sulfonamides is 1. The molecule has 1 heterocycles. The van der Waals surface area contributed by atoms with Gasteiger partial charge in [-0.1, -0.05) is 0 Å². The summed E-state index contributed by atoms with van der Waals surface area (Å²) in [7, 11) is -3.32. The molecule has 2 aromatic carbocycles. The zero-order valence-corrected chi connectivity index (χ0v) is 17.2. The van der Waals surface area contributed by atoms with E-state index in [0.29, 0.717) is 17.7 Å². The smallest absolute Gasteiger partial charge is 0.255 e. The average molecular weight is 470 g/mol. The van der Waals surface area contributed by atoms with Crippen molar-refractivity contribution in [3.8, 4) is 0 Å². The Morgan fingerprint density at radius 1 is 1.24 bits per heavy atom. The highest BCUT2D eigenvalue weighted by Crippen LogP contribution is 2.34. The minimum atomic E-state index is -3.32. The Bertz CT molecular complexity index is 957. The maximum absolute atomic E-state index is 12.6. The summed E-state index contributed by atoms with van der Waals surface area (Å²) < 4.78 is 26.5. The predicted octanol–water partition coefficient (Wildman–Crippen LogP) is 3.56. The molecular weight excluding hydrogens is 451 g/mol. The third-order valence-electron chi connectivity index (χ3n) is 4.29. The number of carbonyl (C=O) groups is 1. The van der Waals surface area contributed by atoms with Gasteiger partial charge in [-0.3, -0.25) is 9.10 Å². The van der Waals surface area contributed by atoms with E-state index in [0.717, 1.165) is 20.4 Å². The van der Waals surface area contributed by atoms with Crippen LogP contribution < -0.4 is 9.62 Å². The van der Waals surface area contributed by atoms with E-state index in [2.05, 4.69) is 27.9 Å². The number of fused-ring (bicyclic) bond motifs is 1. The summed E-state index contributed by atoms with van der Waals surface area (Å²) in [6, 6.07) is 10.9. The summed E-state index contributed by atoms with van der Waals surface area (Å²) in [6.45, 7) is 3.82. The van der Waals surface area contributed by atoms with Crippen molar-refractivity contribution in [3.63, 3.8) is 0 Å². The second-order valence-corrected chi connectivity index (χ2v) is 9.47. The van der Waals surface area contributed by atoms with Crippen molar-refractivity contribution in [2.45, 2.75) is 26.3 Å². The zero-order valence-electron chi connectivity index (χ0n) is 14.2. The van der Waals surface area contributed by atoms with Crippen LogP contribution in [0.5, 0.6) is 0 Å². The van der Waals surface area contributed by atoms with Crippen molar-refractivity contribution in [1.29, 1.82) is 0 Å². The third-order valence-corrected chi connectivity index (χ3v) is 6.23. The lowest BCUT2D eigenvalue weighted by molar-refractivity contribution is 0.102. The molecule has 0 aliphatic carbocycles. The van der Waals surface area contributed by atoms with Crippen LogP contribution in [0.3, 0.4) is 0 Å². The molecule has 1 amide bonds. The number of rotatable bonds is 3. The number of aryl methyl sites for hydroxylation is 1. The van der Waals surface area contributed by atoms with E-state index in [9.17, 15) is 13.2 Å². The first kappa shape index (κ1) is 18.2. The first-order valence-electron chi connectivity index (χ1n) is 7.86. The van der Waals surface area contributed by atoms with Gasteiger partial charge < -0.3 is 5.32 Å².